The van der Waals surface area contributed by atoms with Gasteiger partial charge in [-0.3, -0.25) is 4.79 Å². The normalized spacial score (nSPS) is 14.5. The lowest BCUT2D eigenvalue weighted by Crippen LogP contribution is -2.41. The molecular formula is C19H18F7N5O2. The Morgan fingerprint density at radius 2 is 1.88 bits per heavy atom. The number of alkyl halides is 5. The highest BCUT2D eigenvalue weighted by atomic mass is 19.4. The van der Waals surface area contributed by atoms with Crippen LogP contribution in [0.5, 0.6) is 0 Å². The minimum absolute atomic E-state index is 0.0322. The predicted octanol–water partition coefficient (Wildman–Crippen LogP) is 4.04. The lowest BCUT2D eigenvalue weighted by molar-refractivity contribution is -0.137. The molecule has 2 aromatic rings. The molecule has 0 unspecified atom stereocenters. The van der Waals surface area contributed by atoms with Gasteiger partial charge in [-0.1, -0.05) is 0 Å². The molecule has 0 radical (unpaired) electrons. The Morgan fingerprint density at radius 1 is 1.21 bits per heavy atom. The summed E-state index contributed by atoms with van der Waals surface area (Å²) in [6.45, 7) is -1.46. The van der Waals surface area contributed by atoms with E-state index < -0.39 is 58.8 Å². The molecular weight excluding hydrogens is 463 g/mol. The van der Waals surface area contributed by atoms with Gasteiger partial charge >= 0.3 is 12.7 Å². The minimum atomic E-state index is -4.88. The second-order valence-corrected chi connectivity index (χ2v) is 6.77. The van der Waals surface area contributed by atoms with Crippen LogP contribution < -0.4 is 10.2 Å². The number of ether oxygens (including phenoxy) is 1. The molecule has 1 aromatic carbocycles. The van der Waals surface area contributed by atoms with Crippen LogP contribution in [-0.4, -0.2) is 60.2 Å². The average molecular weight is 481 g/mol. The third-order valence-corrected chi connectivity index (χ3v) is 4.69. The van der Waals surface area contributed by atoms with Gasteiger partial charge in [0.25, 0.3) is 5.91 Å². The molecule has 1 amide bonds. The van der Waals surface area contributed by atoms with Crippen molar-refractivity contribution in [3.63, 3.8) is 0 Å². The standard InChI is InChI=1S/C19H18F7N5O2/c1-2-27-15-11(19(24,25)26)9-28-18(29-15)31(17(22)23)12-4-3-10(13(20)14(12)21)16(32)30-5-7-33-8-6-30/h3-4,9,17H,2,5-8H2,1H3,(H,27,28,29). The van der Waals surface area contributed by atoms with Crippen molar-refractivity contribution in [3.05, 3.63) is 41.1 Å². The van der Waals surface area contributed by atoms with Crippen LogP contribution in [-0.2, 0) is 10.9 Å². The quantitative estimate of drug-likeness (QED) is 0.496. The molecule has 0 saturated carbocycles. The SMILES string of the molecule is CCNc1nc(N(c2ccc(C(=O)N3CCOCC3)c(F)c2F)C(F)F)ncc1C(F)(F)F. The van der Waals surface area contributed by atoms with Gasteiger partial charge in [0.05, 0.1) is 24.5 Å². The molecule has 1 fully saturated rings. The van der Waals surface area contributed by atoms with Gasteiger partial charge in [0, 0.05) is 25.8 Å². The summed E-state index contributed by atoms with van der Waals surface area (Å²) >= 11 is 0. The van der Waals surface area contributed by atoms with Crippen LogP contribution in [0.2, 0.25) is 0 Å². The Bertz CT molecular complexity index is 1010. The average Bonchev–Trinajstić information content (AvgIpc) is 2.76. The van der Waals surface area contributed by atoms with Gasteiger partial charge in [-0.2, -0.15) is 26.9 Å². The fourth-order valence-electron chi connectivity index (χ4n) is 3.13. The van der Waals surface area contributed by atoms with E-state index in [1.165, 1.54) is 11.8 Å². The van der Waals surface area contributed by atoms with E-state index in [4.69, 9.17) is 4.74 Å². The summed E-state index contributed by atoms with van der Waals surface area (Å²) in [5.41, 5.74) is -3.06. The molecule has 14 heteroatoms. The molecule has 0 spiro atoms. The van der Waals surface area contributed by atoms with E-state index in [0.29, 0.717) is 6.07 Å². The zero-order chi connectivity index (χ0) is 24.3. The number of hydrogen-bond acceptors (Lipinski definition) is 6. The van der Waals surface area contributed by atoms with Crippen molar-refractivity contribution in [1.29, 1.82) is 0 Å². The fourth-order valence-corrected chi connectivity index (χ4v) is 3.13. The van der Waals surface area contributed by atoms with Gasteiger partial charge in [-0.15, -0.1) is 0 Å². The van der Waals surface area contributed by atoms with Crippen molar-refractivity contribution in [1.82, 2.24) is 14.9 Å². The summed E-state index contributed by atoms with van der Waals surface area (Å²) in [6.07, 6.45) is -4.62. The lowest BCUT2D eigenvalue weighted by Gasteiger charge is -2.27. The van der Waals surface area contributed by atoms with Crippen molar-refractivity contribution < 1.29 is 40.3 Å². The van der Waals surface area contributed by atoms with E-state index >= 15 is 0 Å². The van der Waals surface area contributed by atoms with Crippen LogP contribution in [0.3, 0.4) is 0 Å². The first-order valence-electron chi connectivity index (χ1n) is 9.66. The molecule has 7 nitrogen and oxygen atoms in total. The topological polar surface area (TPSA) is 70.6 Å². The second-order valence-electron chi connectivity index (χ2n) is 6.77. The van der Waals surface area contributed by atoms with Crippen LogP contribution >= 0.6 is 0 Å². The number of carbonyl (C=O) groups is 1. The van der Waals surface area contributed by atoms with Gasteiger partial charge in [0.15, 0.2) is 11.6 Å². The lowest BCUT2D eigenvalue weighted by atomic mass is 10.1. The molecule has 180 valence electrons. The van der Waals surface area contributed by atoms with Crippen LogP contribution in [0, 0.1) is 11.6 Å². The molecule has 0 atom stereocenters. The Labute approximate surface area is 183 Å². The number of amides is 1. The van der Waals surface area contributed by atoms with E-state index in [1.54, 1.807) is 0 Å². The highest BCUT2D eigenvalue weighted by molar-refractivity contribution is 5.95. The largest absolute Gasteiger partial charge is 0.421 e. The molecule has 1 aromatic heterocycles. The molecule has 0 bridgehead atoms. The van der Waals surface area contributed by atoms with Crippen molar-refractivity contribution in [3.8, 4) is 0 Å². The summed E-state index contributed by atoms with van der Waals surface area (Å²) in [5, 5.41) is 2.28. The Kier molecular flexibility index (Phi) is 7.25. The molecule has 1 N–H and O–H groups in total. The zero-order valence-electron chi connectivity index (χ0n) is 17.1. The van der Waals surface area contributed by atoms with E-state index in [1.807, 2.05) is 0 Å². The Morgan fingerprint density at radius 3 is 2.45 bits per heavy atom. The maximum absolute atomic E-state index is 14.8. The monoisotopic (exact) mass is 481 g/mol. The predicted molar refractivity (Wildman–Crippen MR) is 102 cm³/mol. The Balaban J connectivity index is 2.03. The first kappa shape index (κ1) is 24.5. The molecule has 1 saturated heterocycles. The smallest absolute Gasteiger partial charge is 0.378 e. The second kappa shape index (κ2) is 9.77. The van der Waals surface area contributed by atoms with Gasteiger partial charge in [0.2, 0.25) is 5.95 Å². The number of anilines is 3. The van der Waals surface area contributed by atoms with Gasteiger partial charge in [-0.05, 0) is 19.1 Å². The van der Waals surface area contributed by atoms with Crippen molar-refractivity contribution in [2.24, 2.45) is 0 Å². The number of nitrogens with zero attached hydrogens (tertiary/aromatic N) is 4. The van der Waals surface area contributed by atoms with Gasteiger partial charge in [-0.25, -0.2) is 18.7 Å². The van der Waals surface area contributed by atoms with Crippen LogP contribution in [0.1, 0.15) is 22.8 Å². The van der Waals surface area contributed by atoms with Crippen molar-refractivity contribution in [2.45, 2.75) is 19.6 Å². The van der Waals surface area contributed by atoms with Crippen LogP contribution in [0.25, 0.3) is 0 Å². The van der Waals surface area contributed by atoms with Crippen LogP contribution in [0.4, 0.5) is 48.2 Å². The first-order chi connectivity index (χ1) is 15.6. The summed E-state index contributed by atoms with van der Waals surface area (Å²) in [4.78, 5) is 20.3. The number of carbonyl (C=O) groups excluding carboxylic acids is 1. The number of hydrogen-bond donors (Lipinski definition) is 1. The maximum Gasteiger partial charge on any atom is 0.421 e. The van der Waals surface area contributed by atoms with Crippen LogP contribution in [0.15, 0.2) is 18.3 Å². The summed E-state index contributed by atoms with van der Waals surface area (Å²) in [5.74, 6) is -6.15. The van der Waals surface area contributed by atoms with E-state index in [2.05, 4.69) is 15.3 Å². The van der Waals surface area contributed by atoms with Gasteiger partial charge < -0.3 is 15.0 Å². The minimum Gasteiger partial charge on any atom is -0.378 e. The summed E-state index contributed by atoms with van der Waals surface area (Å²) in [7, 11) is 0. The third-order valence-electron chi connectivity index (χ3n) is 4.69. The highest BCUT2D eigenvalue weighted by Gasteiger charge is 2.37. The number of halogens is 7. The van der Waals surface area contributed by atoms with E-state index in [9.17, 15) is 35.5 Å². The molecule has 1 aliphatic heterocycles. The maximum atomic E-state index is 14.8. The fraction of sp³-hybridized carbons (Fsp3) is 0.421. The molecule has 1 aliphatic rings. The summed E-state index contributed by atoms with van der Waals surface area (Å²) in [6, 6.07) is 1.53. The van der Waals surface area contributed by atoms with Gasteiger partial charge in [0.1, 0.15) is 11.4 Å². The van der Waals surface area contributed by atoms with E-state index in [-0.39, 0.29) is 43.9 Å². The number of nitrogens with one attached hydrogen (secondary N) is 1. The van der Waals surface area contributed by atoms with Crippen molar-refractivity contribution in [2.75, 3.05) is 43.1 Å². The third kappa shape index (κ3) is 5.10. The molecule has 33 heavy (non-hydrogen) atoms. The number of rotatable bonds is 6. The molecule has 0 aliphatic carbocycles. The molecule has 2 heterocycles. The van der Waals surface area contributed by atoms with E-state index in [0.717, 1.165) is 6.07 Å². The first-order valence-corrected chi connectivity index (χ1v) is 9.66. The summed E-state index contributed by atoms with van der Waals surface area (Å²) < 4.78 is 102. The number of aromatic nitrogens is 2. The highest BCUT2D eigenvalue weighted by Crippen LogP contribution is 2.37. The number of morpholine rings is 1. The molecule has 3 rings (SSSR count). The van der Waals surface area contributed by atoms with Crippen molar-refractivity contribution >= 4 is 23.4 Å². The zero-order valence-corrected chi connectivity index (χ0v) is 17.1. The number of benzene rings is 1. The Hall–Kier alpha value is -3.16.